The van der Waals surface area contributed by atoms with Gasteiger partial charge in [0.25, 0.3) is 0 Å². The standard InChI is InChI=1S/C14H20Cl2N2/c1-14(7-2-3-8-14)12(18-17)9-10-5-4-6-11(15)13(10)16/h4-6,12,18H,2-3,7-9,17H2,1H3. The molecular formula is C14H20Cl2N2. The van der Waals surface area contributed by atoms with Gasteiger partial charge in [0.1, 0.15) is 0 Å². The summed E-state index contributed by atoms with van der Waals surface area (Å²) >= 11 is 12.3. The van der Waals surface area contributed by atoms with E-state index < -0.39 is 0 Å². The monoisotopic (exact) mass is 286 g/mol. The highest BCUT2D eigenvalue weighted by Crippen LogP contribution is 2.42. The summed E-state index contributed by atoms with van der Waals surface area (Å²) in [6.07, 6.45) is 5.85. The molecular weight excluding hydrogens is 267 g/mol. The fraction of sp³-hybridized carbons (Fsp3) is 0.571. The van der Waals surface area contributed by atoms with E-state index in [2.05, 4.69) is 12.3 Å². The van der Waals surface area contributed by atoms with E-state index in [9.17, 15) is 0 Å². The van der Waals surface area contributed by atoms with Gasteiger partial charge >= 0.3 is 0 Å². The third-order valence-corrected chi connectivity index (χ3v) is 5.10. The molecule has 3 N–H and O–H groups in total. The summed E-state index contributed by atoms with van der Waals surface area (Å²) in [6, 6.07) is 6.02. The number of nitrogens with two attached hydrogens (primary N) is 1. The smallest absolute Gasteiger partial charge is 0.0624 e. The van der Waals surface area contributed by atoms with Crippen LogP contribution in [0.25, 0.3) is 0 Å². The van der Waals surface area contributed by atoms with E-state index in [1.807, 2.05) is 18.2 Å². The first-order chi connectivity index (χ1) is 8.57. The van der Waals surface area contributed by atoms with Crippen LogP contribution in [0.1, 0.15) is 38.2 Å². The summed E-state index contributed by atoms with van der Waals surface area (Å²) in [4.78, 5) is 0. The molecule has 0 saturated heterocycles. The predicted octanol–water partition coefficient (Wildman–Crippen LogP) is 3.95. The van der Waals surface area contributed by atoms with Crippen molar-refractivity contribution < 1.29 is 0 Å². The molecule has 1 aliphatic carbocycles. The van der Waals surface area contributed by atoms with Gasteiger partial charge < -0.3 is 0 Å². The first kappa shape index (κ1) is 14.1. The molecule has 1 saturated carbocycles. The van der Waals surface area contributed by atoms with Gasteiger partial charge in [-0.25, -0.2) is 0 Å². The molecule has 1 aliphatic rings. The molecule has 1 unspecified atom stereocenters. The molecule has 100 valence electrons. The molecule has 0 heterocycles. The van der Waals surface area contributed by atoms with Crippen molar-refractivity contribution in [2.45, 2.75) is 45.1 Å². The molecule has 2 rings (SSSR count). The van der Waals surface area contributed by atoms with Crippen LogP contribution in [-0.2, 0) is 6.42 Å². The second-order valence-electron chi connectivity index (χ2n) is 5.50. The Morgan fingerprint density at radius 2 is 2.00 bits per heavy atom. The van der Waals surface area contributed by atoms with Gasteiger partial charge in [-0.1, -0.05) is 55.1 Å². The van der Waals surface area contributed by atoms with Crippen molar-refractivity contribution in [3.63, 3.8) is 0 Å². The zero-order chi connectivity index (χ0) is 13.2. The highest BCUT2D eigenvalue weighted by Gasteiger charge is 2.36. The van der Waals surface area contributed by atoms with E-state index >= 15 is 0 Å². The van der Waals surface area contributed by atoms with Crippen molar-refractivity contribution in [1.82, 2.24) is 5.43 Å². The Kier molecular flexibility index (Phi) is 4.54. The zero-order valence-electron chi connectivity index (χ0n) is 10.7. The Morgan fingerprint density at radius 3 is 2.61 bits per heavy atom. The van der Waals surface area contributed by atoms with E-state index in [1.165, 1.54) is 25.7 Å². The van der Waals surface area contributed by atoms with Crippen molar-refractivity contribution >= 4 is 23.2 Å². The fourth-order valence-corrected chi connectivity index (χ4v) is 3.36. The minimum Gasteiger partial charge on any atom is -0.271 e. The van der Waals surface area contributed by atoms with Crippen molar-refractivity contribution in [2.75, 3.05) is 0 Å². The Hall–Kier alpha value is -0.280. The number of nitrogens with one attached hydrogen (secondary N) is 1. The highest BCUT2D eigenvalue weighted by atomic mass is 35.5. The van der Waals surface area contributed by atoms with Crippen molar-refractivity contribution in [2.24, 2.45) is 11.3 Å². The topological polar surface area (TPSA) is 38.0 Å². The molecule has 18 heavy (non-hydrogen) atoms. The number of hydrazine groups is 1. The van der Waals surface area contributed by atoms with Crippen molar-refractivity contribution in [3.05, 3.63) is 33.8 Å². The maximum Gasteiger partial charge on any atom is 0.0624 e. The zero-order valence-corrected chi connectivity index (χ0v) is 12.2. The fourth-order valence-electron chi connectivity index (χ4n) is 2.96. The third kappa shape index (κ3) is 2.83. The van der Waals surface area contributed by atoms with Gasteiger partial charge in [-0.15, -0.1) is 0 Å². The average Bonchev–Trinajstić information content (AvgIpc) is 2.79. The van der Waals surface area contributed by atoms with Crippen LogP contribution in [-0.4, -0.2) is 6.04 Å². The molecule has 0 amide bonds. The predicted molar refractivity (Wildman–Crippen MR) is 77.9 cm³/mol. The van der Waals surface area contributed by atoms with Crippen LogP contribution in [0.2, 0.25) is 10.0 Å². The van der Waals surface area contributed by atoms with Gasteiger partial charge in [0, 0.05) is 6.04 Å². The van der Waals surface area contributed by atoms with Crippen LogP contribution in [0.15, 0.2) is 18.2 Å². The van der Waals surface area contributed by atoms with Crippen molar-refractivity contribution in [3.8, 4) is 0 Å². The first-order valence-corrected chi connectivity index (χ1v) is 7.21. The summed E-state index contributed by atoms with van der Waals surface area (Å²) < 4.78 is 0. The van der Waals surface area contributed by atoms with Crippen LogP contribution in [0, 0.1) is 5.41 Å². The Bertz CT molecular complexity index is 414. The van der Waals surface area contributed by atoms with Crippen molar-refractivity contribution in [1.29, 1.82) is 0 Å². The van der Waals surface area contributed by atoms with Gasteiger partial charge in [-0.2, -0.15) is 0 Å². The average molecular weight is 287 g/mol. The van der Waals surface area contributed by atoms with E-state index in [1.54, 1.807) is 0 Å². The maximum absolute atomic E-state index is 6.25. The number of benzene rings is 1. The highest BCUT2D eigenvalue weighted by molar-refractivity contribution is 6.42. The van der Waals surface area contributed by atoms with Crippen LogP contribution in [0.3, 0.4) is 0 Å². The van der Waals surface area contributed by atoms with Gasteiger partial charge in [-0.05, 0) is 36.3 Å². The molecule has 0 aromatic heterocycles. The first-order valence-electron chi connectivity index (χ1n) is 6.46. The summed E-state index contributed by atoms with van der Waals surface area (Å²) in [5.74, 6) is 5.75. The lowest BCUT2D eigenvalue weighted by Gasteiger charge is -2.34. The number of rotatable bonds is 4. The summed E-state index contributed by atoms with van der Waals surface area (Å²) in [7, 11) is 0. The molecule has 0 bridgehead atoms. The van der Waals surface area contributed by atoms with Gasteiger partial charge in [0.05, 0.1) is 10.0 Å². The number of halogens is 2. The summed E-state index contributed by atoms with van der Waals surface area (Å²) in [5.41, 5.74) is 4.31. The second-order valence-corrected chi connectivity index (χ2v) is 6.28. The molecule has 0 radical (unpaired) electrons. The quantitative estimate of drug-likeness (QED) is 0.650. The largest absolute Gasteiger partial charge is 0.271 e. The number of hydrogen-bond donors (Lipinski definition) is 2. The molecule has 0 spiro atoms. The van der Waals surface area contributed by atoms with E-state index in [-0.39, 0.29) is 11.5 Å². The molecule has 1 aromatic rings. The Morgan fingerprint density at radius 1 is 1.33 bits per heavy atom. The minimum atomic E-state index is 0.246. The lowest BCUT2D eigenvalue weighted by molar-refractivity contribution is 0.221. The molecule has 1 aromatic carbocycles. The van der Waals surface area contributed by atoms with Crippen LogP contribution < -0.4 is 11.3 Å². The lowest BCUT2D eigenvalue weighted by atomic mass is 9.78. The normalized spacial score (nSPS) is 20.0. The SMILES string of the molecule is CC1(C(Cc2cccc(Cl)c2Cl)NN)CCCC1. The van der Waals surface area contributed by atoms with Gasteiger partial charge in [0.2, 0.25) is 0 Å². The third-order valence-electron chi connectivity index (χ3n) is 4.24. The van der Waals surface area contributed by atoms with Gasteiger partial charge in [0.15, 0.2) is 0 Å². The van der Waals surface area contributed by atoms with E-state index in [4.69, 9.17) is 29.0 Å². The van der Waals surface area contributed by atoms with E-state index in [0.29, 0.717) is 10.0 Å². The molecule has 2 nitrogen and oxygen atoms in total. The Labute approximate surface area is 119 Å². The van der Waals surface area contributed by atoms with Crippen LogP contribution >= 0.6 is 23.2 Å². The molecule has 1 atom stereocenters. The Balaban J connectivity index is 2.17. The molecule has 0 aliphatic heterocycles. The molecule has 1 fully saturated rings. The maximum atomic E-state index is 6.25. The van der Waals surface area contributed by atoms with E-state index in [0.717, 1.165) is 12.0 Å². The minimum absolute atomic E-state index is 0.246. The molecule has 4 heteroatoms. The number of hydrogen-bond acceptors (Lipinski definition) is 2. The second kappa shape index (κ2) is 5.79. The van der Waals surface area contributed by atoms with Crippen LogP contribution in [0.5, 0.6) is 0 Å². The summed E-state index contributed by atoms with van der Waals surface area (Å²) in [5, 5.41) is 1.27. The lowest BCUT2D eigenvalue weighted by Crippen LogP contribution is -2.47. The summed E-state index contributed by atoms with van der Waals surface area (Å²) in [6.45, 7) is 2.31. The van der Waals surface area contributed by atoms with Crippen LogP contribution in [0.4, 0.5) is 0 Å². The van der Waals surface area contributed by atoms with Gasteiger partial charge in [-0.3, -0.25) is 11.3 Å².